The van der Waals surface area contributed by atoms with Gasteiger partial charge in [-0.1, -0.05) is 25.6 Å². The van der Waals surface area contributed by atoms with Crippen molar-refractivity contribution in [2.45, 2.75) is 69.3 Å². The number of carbonyl (C=O) groups excluding carboxylic acids is 1. The van der Waals surface area contributed by atoms with E-state index in [9.17, 15) is 13.2 Å². The van der Waals surface area contributed by atoms with Gasteiger partial charge in [-0.05, 0) is 63.8 Å². The number of nitrogens with one attached hydrogen (secondary N) is 1. The number of aromatic nitrogens is 2. The molecule has 0 bridgehead atoms. The normalized spacial score (nSPS) is 16.1. The zero-order valence-electron chi connectivity index (χ0n) is 18.9. The molecular formula is C22H32N4O3S2. The first-order chi connectivity index (χ1) is 14.6. The number of imidazole rings is 1. The van der Waals surface area contributed by atoms with Crippen molar-refractivity contribution in [3.05, 3.63) is 35.7 Å². The molecule has 2 heterocycles. The summed E-state index contributed by atoms with van der Waals surface area (Å²) in [7, 11) is -3.45. The Kier molecular flexibility index (Phi) is 7.49. The van der Waals surface area contributed by atoms with E-state index in [0.29, 0.717) is 24.7 Å². The molecule has 1 fully saturated rings. The van der Waals surface area contributed by atoms with Crippen molar-refractivity contribution in [1.29, 1.82) is 0 Å². The molecule has 0 radical (unpaired) electrons. The van der Waals surface area contributed by atoms with Crippen molar-refractivity contribution in [3.8, 4) is 0 Å². The number of rotatable bonds is 8. The first-order valence-electron chi connectivity index (χ1n) is 10.7. The van der Waals surface area contributed by atoms with Gasteiger partial charge in [0.2, 0.25) is 15.9 Å². The fourth-order valence-corrected chi connectivity index (χ4v) is 6.06. The molecule has 0 unspecified atom stereocenters. The highest BCUT2D eigenvalue weighted by atomic mass is 32.2. The highest BCUT2D eigenvalue weighted by molar-refractivity contribution is 8.00. The lowest BCUT2D eigenvalue weighted by Crippen LogP contribution is -2.28. The molecule has 1 aromatic carbocycles. The van der Waals surface area contributed by atoms with Crippen LogP contribution in [0.4, 0.5) is 5.69 Å². The second-order valence-electron chi connectivity index (χ2n) is 8.45. The number of hydrogen-bond acceptors (Lipinski definition) is 5. The number of thioether (sulfide) groups is 1. The molecule has 3 rings (SSSR count). The van der Waals surface area contributed by atoms with E-state index in [1.807, 2.05) is 13.8 Å². The topological polar surface area (TPSA) is 84.3 Å². The van der Waals surface area contributed by atoms with Crippen molar-refractivity contribution in [1.82, 2.24) is 13.9 Å². The van der Waals surface area contributed by atoms with E-state index >= 15 is 0 Å². The van der Waals surface area contributed by atoms with Gasteiger partial charge in [-0.25, -0.2) is 13.4 Å². The minimum atomic E-state index is -3.45. The summed E-state index contributed by atoms with van der Waals surface area (Å²) in [5.41, 5.74) is 2.68. The summed E-state index contributed by atoms with van der Waals surface area (Å²) in [6, 6.07) is 6.41. The Morgan fingerprint density at radius 2 is 1.74 bits per heavy atom. The van der Waals surface area contributed by atoms with Crippen LogP contribution in [0.2, 0.25) is 0 Å². The average Bonchev–Trinajstić information content (AvgIpc) is 3.34. The third-order valence-corrected chi connectivity index (χ3v) is 8.45. The minimum absolute atomic E-state index is 0.144. The lowest BCUT2D eigenvalue weighted by Gasteiger charge is -2.17. The third-order valence-electron chi connectivity index (χ3n) is 5.45. The van der Waals surface area contributed by atoms with Crippen LogP contribution in [-0.2, 0) is 21.4 Å². The van der Waals surface area contributed by atoms with Crippen LogP contribution in [0.3, 0.4) is 0 Å². The summed E-state index contributed by atoms with van der Waals surface area (Å²) in [5.74, 6) is 0.334. The Morgan fingerprint density at radius 1 is 1.13 bits per heavy atom. The molecule has 0 aliphatic carbocycles. The second-order valence-corrected chi connectivity index (χ2v) is 11.7. The van der Waals surface area contributed by atoms with Gasteiger partial charge in [-0.2, -0.15) is 4.31 Å². The average molecular weight is 465 g/mol. The van der Waals surface area contributed by atoms with Crippen molar-refractivity contribution >= 4 is 33.4 Å². The highest BCUT2D eigenvalue weighted by Crippen LogP contribution is 2.27. The fraction of sp³-hybridized carbons (Fsp3) is 0.545. The third kappa shape index (κ3) is 5.51. The number of amides is 1. The van der Waals surface area contributed by atoms with E-state index in [4.69, 9.17) is 0 Å². The Bertz CT molecular complexity index is 1020. The van der Waals surface area contributed by atoms with Crippen molar-refractivity contribution in [2.24, 2.45) is 5.92 Å². The number of nitrogens with zero attached hydrogens (tertiary/aromatic N) is 3. The number of hydrogen-bond donors (Lipinski definition) is 1. The van der Waals surface area contributed by atoms with Gasteiger partial charge in [-0.15, -0.1) is 0 Å². The predicted octanol–water partition coefficient (Wildman–Crippen LogP) is 4.06. The van der Waals surface area contributed by atoms with Crippen molar-refractivity contribution in [3.63, 3.8) is 0 Å². The predicted molar refractivity (Wildman–Crippen MR) is 125 cm³/mol. The molecule has 7 nitrogen and oxygen atoms in total. The van der Waals surface area contributed by atoms with Crippen LogP contribution < -0.4 is 5.32 Å². The zero-order valence-corrected chi connectivity index (χ0v) is 20.5. The standard InChI is InChI=1S/C22H32N4O3S2/c1-15(2)14-26-17(4)16(3)23-22(26)30-18(5)21(27)24-19-8-10-20(11-9-19)31(28,29)25-12-6-7-13-25/h8-11,15,18H,6-7,12-14H2,1-5H3,(H,24,27)/t18-/m1/s1. The van der Waals surface area contributed by atoms with E-state index in [1.54, 1.807) is 24.3 Å². The largest absolute Gasteiger partial charge is 0.325 e. The van der Waals surface area contributed by atoms with Crippen LogP contribution in [0.5, 0.6) is 0 Å². The smallest absolute Gasteiger partial charge is 0.243 e. The number of carbonyl (C=O) groups is 1. The monoisotopic (exact) mass is 464 g/mol. The van der Waals surface area contributed by atoms with Crippen molar-refractivity contribution in [2.75, 3.05) is 18.4 Å². The van der Waals surface area contributed by atoms with E-state index in [1.165, 1.54) is 16.1 Å². The Hall–Kier alpha value is -1.84. The fourth-order valence-electron chi connectivity index (χ4n) is 3.54. The molecular weight excluding hydrogens is 432 g/mol. The van der Waals surface area contributed by atoms with Gasteiger partial charge < -0.3 is 9.88 Å². The molecule has 1 aliphatic heterocycles. The molecule has 1 aliphatic rings. The molecule has 2 aromatic rings. The minimum Gasteiger partial charge on any atom is -0.325 e. The van der Waals surface area contributed by atoms with Gasteiger partial charge >= 0.3 is 0 Å². The molecule has 170 valence electrons. The summed E-state index contributed by atoms with van der Waals surface area (Å²) in [4.78, 5) is 17.6. The first-order valence-corrected chi connectivity index (χ1v) is 13.0. The Labute approximate surface area is 189 Å². The Morgan fingerprint density at radius 3 is 2.32 bits per heavy atom. The zero-order chi connectivity index (χ0) is 22.8. The van der Waals surface area contributed by atoms with Crippen molar-refractivity contribution < 1.29 is 13.2 Å². The van der Waals surface area contributed by atoms with Gasteiger partial charge in [0.1, 0.15) is 0 Å². The maximum absolute atomic E-state index is 12.7. The maximum Gasteiger partial charge on any atom is 0.243 e. The second kappa shape index (κ2) is 9.75. The van der Waals surface area contributed by atoms with Gasteiger partial charge in [0.25, 0.3) is 0 Å². The van der Waals surface area contributed by atoms with Crippen LogP contribution in [0.15, 0.2) is 34.3 Å². The molecule has 9 heteroatoms. The number of anilines is 1. The Balaban J connectivity index is 1.66. The molecule has 0 spiro atoms. The first kappa shape index (κ1) is 23.8. The van der Waals surface area contributed by atoms with E-state index in [-0.39, 0.29) is 16.1 Å². The maximum atomic E-state index is 12.7. The molecule has 1 aromatic heterocycles. The molecule has 1 N–H and O–H groups in total. The molecule has 1 amide bonds. The quantitative estimate of drug-likeness (QED) is 0.596. The summed E-state index contributed by atoms with van der Waals surface area (Å²) < 4.78 is 29.0. The molecule has 0 saturated carbocycles. The summed E-state index contributed by atoms with van der Waals surface area (Å²) in [6.45, 7) is 12.2. The van der Waals surface area contributed by atoms with Crippen LogP contribution in [0, 0.1) is 19.8 Å². The van der Waals surface area contributed by atoms with E-state index < -0.39 is 10.0 Å². The molecule has 1 saturated heterocycles. The summed E-state index contributed by atoms with van der Waals surface area (Å²) in [5, 5.41) is 3.39. The molecule has 31 heavy (non-hydrogen) atoms. The number of sulfonamides is 1. The summed E-state index contributed by atoms with van der Waals surface area (Å²) in [6.07, 6.45) is 1.80. The van der Waals surface area contributed by atoms with E-state index in [2.05, 4.69) is 35.6 Å². The van der Waals surface area contributed by atoms with Crippen LogP contribution in [0.25, 0.3) is 0 Å². The van der Waals surface area contributed by atoms with Gasteiger partial charge in [0, 0.05) is 31.0 Å². The molecule has 1 atom stereocenters. The van der Waals surface area contributed by atoms with Crippen LogP contribution >= 0.6 is 11.8 Å². The van der Waals surface area contributed by atoms with Crippen LogP contribution in [0.1, 0.15) is 45.0 Å². The number of aryl methyl sites for hydroxylation is 1. The van der Waals surface area contributed by atoms with E-state index in [0.717, 1.165) is 35.9 Å². The van der Waals surface area contributed by atoms with Gasteiger partial charge in [-0.3, -0.25) is 4.79 Å². The lowest BCUT2D eigenvalue weighted by molar-refractivity contribution is -0.115. The van der Waals surface area contributed by atoms with Gasteiger partial charge in [0.05, 0.1) is 15.8 Å². The summed E-state index contributed by atoms with van der Waals surface area (Å²) >= 11 is 1.44. The van der Waals surface area contributed by atoms with Crippen LogP contribution in [-0.4, -0.2) is 46.5 Å². The SMILES string of the molecule is Cc1nc(S[C@H](C)C(=O)Nc2ccc(S(=O)(=O)N3CCCC3)cc2)n(CC(C)C)c1C. The lowest BCUT2D eigenvalue weighted by atomic mass is 10.2. The highest BCUT2D eigenvalue weighted by Gasteiger charge is 2.27. The van der Waals surface area contributed by atoms with Gasteiger partial charge in [0.15, 0.2) is 5.16 Å². The number of benzene rings is 1.